The molecular formula is C23H28BrN3O3. The van der Waals surface area contributed by atoms with Gasteiger partial charge in [-0.25, -0.2) is 0 Å². The standard InChI is InChI=1S/C23H28BrN3O3/c1-30-20-10-3-17(4-11-20)5-12-21(28)26-13-2-14-27(16-15-26)22(23(25)29)18-6-8-19(24)9-7-18/h3-4,6-11,22H,2,5,12-16H2,1H3,(H2,25,29). The van der Waals surface area contributed by atoms with E-state index < -0.39 is 6.04 Å². The number of aryl methyl sites for hydroxylation is 1. The molecule has 2 amide bonds. The van der Waals surface area contributed by atoms with Gasteiger partial charge < -0.3 is 15.4 Å². The summed E-state index contributed by atoms with van der Waals surface area (Å²) in [5.41, 5.74) is 7.73. The number of carbonyl (C=O) groups excluding carboxylic acids is 2. The number of halogens is 1. The second kappa shape index (κ2) is 10.6. The fourth-order valence-corrected chi connectivity index (χ4v) is 4.11. The van der Waals surface area contributed by atoms with E-state index >= 15 is 0 Å². The second-order valence-corrected chi connectivity index (χ2v) is 8.39. The smallest absolute Gasteiger partial charge is 0.239 e. The average Bonchev–Trinajstić information content (AvgIpc) is 3.00. The number of methoxy groups -OCH3 is 1. The van der Waals surface area contributed by atoms with Gasteiger partial charge in [0.1, 0.15) is 11.8 Å². The van der Waals surface area contributed by atoms with Crippen LogP contribution in [0.2, 0.25) is 0 Å². The number of carbonyl (C=O) groups is 2. The van der Waals surface area contributed by atoms with Gasteiger partial charge in [-0.1, -0.05) is 40.2 Å². The average molecular weight is 474 g/mol. The summed E-state index contributed by atoms with van der Waals surface area (Å²) in [5.74, 6) is 0.594. The van der Waals surface area contributed by atoms with Crippen LogP contribution in [0.25, 0.3) is 0 Å². The minimum atomic E-state index is -0.479. The van der Waals surface area contributed by atoms with Crippen LogP contribution in [0.15, 0.2) is 53.0 Å². The lowest BCUT2D eigenvalue weighted by molar-refractivity contribution is -0.131. The molecule has 1 unspecified atom stereocenters. The third-order valence-corrected chi connectivity index (χ3v) is 6.02. The first-order valence-corrected chi connectivity index (χ1v) is 11.0. The molecule has 1 fully saturated rings. The highest BCUT2D eigenvalue weighted by Crippen LogP contribution is 2.24. The van der Waals surface area contributed by atoms with Gasteiger partial charge in [-0.3, -0.25) is 14.5 Å². The van der Waals surface area contributed by atoms with E-state index in [1.54, 1.807) is 7.11 Å². The van der Waals surface area contributed by atoms with Crippen LogP contribution in [0.4, 0.5) is 0 Å². The zero-order valence-electron chi connectivity index (χ0n) is 17.2. The maximum absolute atomic E-state index is 12.8. The van der Waals surface area contributed by atoms with Crippen molar-refractivity contribution in [2.45, 2.75) is 25.3 Å². The maximum Gasteiger partial charge on any atom is 0.239 e. The molecule has 0 aliphatic carbocycles. The molecule has 0 radical (unpaired) electrons. The lowest BCUT2D eigenvalue weighted by Crippen LogP contribution is -2.40. The molecule has 7 heteroatoms. The molecule has 2 aromatic carbocycles. The van der Waals surface area contributed by atoms with Crippen molar-refractivity contribution in [3.63, 3.8) is 0 Å². The van der Waals surface area contributed by atoms with Crippen LogP contribution < -0.4 is 10.5 Å². The molecule has 2 aromatic rings. The lowest BCUT2D eigenvalue weighted by atomic mass is 10.0. The van der Waals surface area contributed by atoms with Crippen LogP contribution in [0.1, 0.15) is 30.0 Å². The third kappa shape index (κ3) is 5.83. The van der Waals surface area contributed by atoms with Crippen LogP contribution in [0, 0.1) is 0 Å². The number of primary amides is 1. The Hall–Kier alpha value is -2.38. The Morgan fingerprint density at radius 2 is 1.73 bits per heavy atom. The van der Waals surface area contributed by atoms with Gasteiger partial charge >= 0.3 is 0 Å². The van der Waals surface area contributed by atoms with Crippen molar-refractivity contribution in [2.24, 2.45) is 5.73 Å². The molecule has 1 heterocycles. The summed E-state index contributed by atoms with van der Waals surface area (Å²) < 4.78 is 6.13. The zero-order chi connectivity index (χ0) is 21.5. The largest absolute Gasteiger partial charge is 0.497 e. The highest BCUT2D eigenvalue weighted by molar-refractivity contribution is 9.10. The normalized spacial score (nSPS) is 16.0. The van der Waals surface area contributed by atoms with Gasteiger partial charge in [-0.2, -0.15) is 0 Å². The van der Waals surface area contributed by atoms with Crippen molar-refractivity contribution < 1.29 is 14.3 Å². The van der Waals surface area contributed by atoms with Crippen molar-refractivity contribution in [3.8, 4) is 5.75 Å². The molecule has 6 nitrogen and oxygen atoms in total. The molecular weight excluding hydrogens is 446 g/mol. The Balaban J connectivity index is 1.58. The van der Waals surface area contributed by atoms with Crippen LogP contribution in [-0.4, -0.2) is 54.9 Å². The number of ether oxygens (including phenoxy) is 1. The first-order chi connectivity index (χ1) is 14.5. The zero-order valence-corrected chi connectivity index (χ0v) is 18.8. The third-order valence-electron chi connectivity index (χ3n) is 5.49. The van der Waals surface area contributed by atoms with Gasteiger partial charge in [0.2, 0.25) is 11.8 Å². The van der Waals surface area contributed by atoms with Gasteiger partial charge in [0.15, 0.2) is 0 Å². The van der Waals surface area contributed by atoms with Crippen molar-refractivity contribution in [1.82, 2.24) is 9.80 Å². The summed E-state index contributed by atoms with van der Waals surface area (Å²) in [6.07, 6.45) is 1.98. The summed E-state index contributed by atoms with van der Waals surface area (Å²) in [6.45, 7) is 2.65. The molecule has 3 rings (SSSR count). The van der Waals surface area contributed by atoms with E-state index in [2.05, 4.69) is 20.8 Å². The predicted molar refractivity (Wildman–Crippen MR) is 120 cm³/mol. The molecule has 1 aliphatic heterocycles. The molecule has 0 bridgehead atoms. The van der Waals surface area contributed by atoms with E-state index in [9.17, 15) is 9.59 Å². The Labute approximate surface area is 186 Å². The second-order valence-electron chi connectivity index (χ2n) is 7.47. The number of hydrogen-bond acceptors (Lipinski definition) is 4. The van der Waals surface area contributed by atoms with Crippen molar-refractivity contribution in [1.29, 1.82) is 0 Å². The number of nitrogens with two attached hydrogens (primary N) is 1. The summed E-state index contributed by atoms with van der Waals surface area (Å²) in [6, 6.07) is 15.0. The number of hydrogen-bond donors (Lipinski definition) is 1. The van der Waals surface area contributed by atoms with E-state index in [1.807, 2.05) is 53.4 Å². The molecule has 30 heavy (non-hydrogen) atoms. The highest BCUT2D eigenvalue weighted by Gasteiger charge is 2.28. The van der Waals surface area contributed by atoms with Crippen LogP contribution in [0.5, 0.6) is 5.75 Å². The quantitative estimate of drug-likeness (QED) is 0.669. The summed E-state index contributed by atoms with van der Waals surface area (Å²) >= 11 is 3.42. The van der Waals surface area contributed by atoms with E-state index in [1.165, 1.54) is 0 Å². The van der Waals surface area contributed by atoms with Crippen LogP contribution in [-0.2, 0) is 16.0 Å². The Morgan fingerprint density at radius 1 is 1.03 bits per heavy atom. The fourth-order valence-electron chi connectivity index (χ4n) is 3.85. The number of benzene rings is 2. The van der Waals surface area contributed by atoms with Crippen molar-refractivity contribution >= 4 is 27.7 Å². The van der Waals surface area contributed by atoms with E-state index in [-0.39, 0.29) is 11.8 Å². The van der Waals surface area contributed by atoms with Crippen molar-refractivity contribution in [2.75, 3.05) is 33.3 Å². The molecule has 0 aromatic heterocycles. The minimum absolute atomic E-state index is 0.145. The molecule has 0 spiro atoms. The summed E-state index contributed by atoms with van der Waals surface area (Å²) in [7, 11) is 1.64. The Morgan fingerprint density at radius 3 is 2.37 bits per heavy atom. The van der Waals surface area contributed by atoms with E-state index in [0.29, 0.717) is 32.5 Å². The van der Waals surface area contributed by atoms with Gasteiger partial charge in [0.25, 0.3) is 0 Å². The maximum atomic E-state index is 12.8. The fraction of sp³-hybridized carbons (Fsp3) is 0.391. The van der Waals surface area contributed by atoms with E-state index in [0.717, 1.165) is 34.3 Å². The minimum Gasteiger partial charge on any atom is -0.497 e. The summed E-state index contributed by atoms with van der Waals surface area (Å²) in [4.78, 5) is 28.9. The number of rotatable bonds is 7. The number of nitrogens with zero attached hydrogens (tertiary/aromatic N) is 2. The van der Waals surface area contributed by atoms with Gasteiger partial charge in [0, 0.05) is 37.1 Å². The lowest BCUT2D eigenvalue weighted by Gasteiger charge is -2.28. The first-order valence-electron chi connectivity index (χ1n) is 10.2. The topological polar surface area (TPSA) is 75.9 Å². The van der Waals surface area contributed by atoms with Crippen molar-refractivity contribution in [3.05, 3.63) is 64.1 Å². The van der Waals surface area contributed by atoms with Gasteiger partial charge in [-0.15, -0.1) is 0 Å². The predicted octanol–water partition coefficient (Wildman–Crippen LogP) is 3.15. The van der Waals surface area contributed by atoms with Gasteiger partial charge in [-0.05, 0) is 48.2 Å². The Kier molecular flexibility index (Phi) is 7.87. The molecule has 1 aliphatic rings. The monoisotopic (exact) mass is 473 g/mol. The molecule has 160 valence electrons. The SMILES string of the molecule is COc1ccc(CCC(=O)N2CCCN(C(C(N)=O)c3ccc(Br)cc3)CC2)cc1. The van der Waals surface area contributed by atoms with Gasteiger partial charge in [0.05, 0.1) is 7.11 Å². The molecule has 1 saturated heterocycles. The molecule has 2 N–H and O–H groups in total. The Bertz CT molecular complexity index is 855. The highest BCUT2D eigenvalue weighted by atomic mass is 79.9. The van der Waals surface area contributed by atoms with Crippen LogP contribution in [0.3, 0.4) is 0 Å². The summed E-state index contributed by atoms with van der Waals surface area (Å²) in [5, 5.41) is 0. The molecule has 1 atom stereocenters. The number of amides is 2. The van der Waals surface area contributed by atoms with Crippen LogP contribution >= 0.6 is 15.9 Å². The first kappa shape index (κ1) is 22.3. The molecule has 0 saturated carbocycles. The van der Waals surface area contributed by atoms with E-state index in [4.69, 9.17) is 10.5 Å².